The molecule has 1 aromatic carbocycles. The van der Waals surface area contributed by atoms with E-state index in [2.05, 4.69) is 45.7 Å². The van der Waals surface area contributed by atoms with Crippen LogP contribution in [-0.4, -0.2) is 67.6 Å². The van der Waals surface area contributed by atoms with Gasteiger partial charge < -0.3 is 25.9 Å². The molecule has 146 valence electrons. The predicted octanol–water partition coefficient (Wildman–Crippen LogP) is 1.67. The molecule has 1 saturated heterocycles. The van der Waals surface area contributed by atoms with Crippen molar-refractivity contribution in [1.29, 1.82) is 0 Å². The van der Waals surface area contributed by atoms with Gasteiger partial charge in [0, 0.05) is 50.5 Å². The average molecular weight is 382 g/mol. The van der Waals surface area contributed by atoms with Gasteiger partial charge in [0.05, 0.1) is 6.04 Å². The summed E-state index contributed by atoms with van der Waals surface area (Å²) in [6.45, 7) is 6.83. The standard InChI is InChI=1S/C19H29N5.ClH.H2O/c1-23-11-13-24(14-12-23)10-4-9-20-19-21-16-7-2-5-15-6-3-8-17(22-19)18(15)16;;/h2,5,7,17H,3-4,6,8-14H2,1H3,(H2,20,21,22);1H;1H2. The Balaban J connectivity index is 0.00000121. The third kappa shape index (κ3) is 4.68. The lowest BCUT2D eigenvalue weighted by Crippen LogP contribution is -2.44. The normalized spacial score (nSPS) is 23.9. The van der Waals surface area contributed by atoms with Gasteiger partial charge in [0.2, 0.25) is 0 Å². The minimum Gasteiger partial charge on any atom is -0.412 e. The summed E-state index contributed by atoms with van der Waals surface area (Å²) in [5.41, 5.74) is 4.23. The third-order valence-electron chi connectivity index (χ3n) is 5.55. The number of benzene rings is 1. The fourth-order valence-electron chi connectivity index (χ4n) is 4.11. The highest BCUT2D eigenvalue weighted by molar-refractivity contribution is 5.97. The molecular weight excluding hydrogens is 350 g/mol. The van der Waals surface area contributed by atoms with Gasteiger partial charge in [-0.2, -0.15) is 0 Å². The Labute approximate surface area is 162 Å². The van der Waals surface area contributed by atoms with E-state index in [4.69, 9.17) is 4.99 Å². The highest BCUT2D eigenvalue weighted by atomic mass is 35.5. The zero-order chi connectivity index (χ0) is 16.4. The Hall–Kier alpha value is -1.34. The molecule has 4 N–H and O–H groups in total. The van der Waals surface area contributed by atoms with E-state index in [1.54, 1.807) is 0 Å². The van der Waals surface area contributed by atoms with Crippen molar-refractivity contribution < 1.29 is 5.48 Å². The lowest BCUT2D eigenvalue weighted by molar-refractivity contribution is 0.153. The molecule has 2 heterocycles. The van der Waals surface area contributed by atoms with E-state index in [-0.39, 0.29) is 17.9 Å². The average Bonchev–Trinajstić information content (AvgIpc) is 2.61. The van der Waals surface area contributed by atoms with Gasteiger partial charge in [-0.15, -0.1) is 12.4 Å². The molecule has 1 fully saturated rings. The molecular formula is C19H32ClN5O. The Morgan fingerprint density at radius 2 is 2.00 bits per heavy atom. The van der Waals surface area contributed by atoms with Gasteiger partial charge in [0.1, 0.15) is 0 Å². The maximum Gasteiger partial charge on any atom is 0.196 e. The number of halogens is 1. The van der Waals surface area contributed by atoms with Gasteiger partial charge in [-0.1, -0.05) is 12.1 Å². The molecule has 3 aliphatic rings. The van der Waals surface area contributed by atoms with Crippen molar-refractivity contribution in [3.05, 3.63) is 29.3 Å². The van der Waals surface area contributed by atoms with Crippen LogP contribution in [0.25, 0.3) is 0 Å². The minimum absolute atomic E-state index is 0. The SMILES string of the molecule is CN1CCN(CCCN=C2Nc3cccc4c3C(CCC4)N2)CC1.Cl.O. The van der Waals surface area contributed by atoms with Crippen molar-refractivity contribution in [2.75, 3.05) is 51.6 Å². The summed E-state index contributed by atoms with van der Waals surface area (Å²) in [4.78, 5) is 9.76. The van der Waals surface area contributed by atoms with Crippen molar-refractivity contribution in [1.82, 2.24) is 15.1 Å². The van der Waals surface area contributed by atoms with Crippen LogP contribution in [0.3, 0.4) is 0 Å². The molecule has 7 heteroatoms. The Kier molecular flexibility index (Phi) is 7.70. The predicted molar refractivity (Wildman–Crippen MR) is 111 cm³/mol. The lowest BCUT2D eigenvalue weighted by atomic mass is 9.85. The van der Waals surface area contributed by atoms with Gasteiger partial charge in [0.25, 0.3) is 0 Å². The van der Waals surface area contributed by atoms with E-state index in [1.165, 1.54) is 62.3 Å². The second-order valence-corrected chi connectivity index (χ2v) is 7.32. The monoisotopic (exact) mass is 381 g/mol. The van der Waals surface area contributed by atoms with Crippen molar-refractivity contribution in [2.24, 2.45) is 4.99 Å². The number of likely N-dealkylation sites (N-methyl/N-ethyl adjacent to an activating group) is 1. The first kappa shape index (κ1) is 21.0. The molecule has 0 spiro atoms. The summed E-state index contributed by atoms with van der Waals surface area (Å²) in [5.74, 6) is 0.963. The highest BCUT2D eigenvalue weighted by Gasteiger charge is 2.27. The summed E-state index contributed by atoms with van der Waals surface area (Å²) in [7, 11) is 2.21. The number of guanidine groups is 1. The zero-order valence-corrected chi connectivity index (χ0v) is 16.4. The molecule has 1 unspecified atom stereocenters. The van der Waals surface area contributed by atoms with Crippen LogP contribution in [0.2, 0.25) is 0 Å². The van der Waals surface area contributed by atoms with Crippen LogP contribution in [0.15, 0.2) is 23.2 Å². The van der Waals surface area contributed by atoms with Crippen molar-refractivity contribution in [3.8, 4) is 0 Å². The summed E-state index contributed by atoms with van der Waals surface area (Å²) >= 11 is 0. The smallest absolute Gasteiger partial charge is 0.196 e. The fraction of sp³-hybridized carbons (Fsp3) is 0.632. The molecule has 26 heavy (non-hydrogen) atoms. The van der Waals surface area contributed by atoms with Gasteiger partial charge in [-0.05, 0) is 44.4 Å². The molecule has 0 saturated carbocycles. The van der Waals surface area contributed by atoms with Crippen molar-refractivity contribution in [3.63, 3.8) is 0 Å². The zero-order valence-electron chi connectivity index (χ0n) is 15.6. The van der Waals surface area contributed by atoms with Crippen LogP contribution in [0.4, 0.5) is 5.69 Å². The lowest BCUT2D eigenvalue weighted by Gasteiger charge is -2.34. The second kappa shape index (κ2) is 9.55. The number of aliphatic imine (C=N–C) groups is 1. The van der Waals surface area contributed by atoms with Crippen LogP contribution in [0.1, 0.15) is 36.4 Å². The Bertz CT molecular complexity index is 616. The van der Waals surface area contributed by atoms with E-state index in [0.29, 0.717) is 6.04 Å². The number of hydrogen-bond acceptors (Lipinski definition) is 3. The van der Waals surface area contributed by atoms with Crippen LogP contribution in [0, 0.1) is 0 Å². The van der Waals surface area contributed by atoms with Crippen LogP contribution >= 0.6 is 12.4 Å². The Morgan fingerprint density at radius 3 is 2.81 bits per heavy atom. The number of hydrogen-bond donors (Lipinski definition) is 2. The molecule has 0 aromatic heterocycles. The molecule has 0 bridgehead atoms. The summed E-state index contributed by atoms with van der Waals surface area (Å²) in [6.07, 6.45) is 4.82. The molecule has 1 aromatic rings. The molecule has 4 rings (SSSR count). The van der Waals surface area contributed by atoms with E-state index >= 15 is 0 Å². The maximum absolute atomic E-state index is 4.79. The van der Waals surface area contributed by atoms with Gasteiger partial charge in [0.15, 0.2) is 5.96 Å². The van der Waals surface area contributed by atoms with Gasteiger partial charge in [-0.25, -0.2) is 0 Å². The van der Waals surface area contributed by atoms with E-state index in [0.717, 1.165) is 25.5 Å². The highest BCUT2D eigenvalue weighted by Crippen LogP contribution is 2.37. The van der Waals surface area contributed by atoms with E-state index in [9.17, 15) is 0 Å². The quantitative estimate of drug-likeness (QED) is 0.778. The molecule has 1 aliphatic carbocycles. The first-order valence-corrected chi connectivity index (χ1v) is 9.40. The largest absolute Gasteiger partial charge is 0.412 e. The molecule has 6 nitrogen and oxygen atoms in total. The summed E-state index contributed by atoms with van der Waals surface area (Å²) in [6, 6.07) is 7.08. The minimum atomic E-state index is 0. The second-order valence-electron chi connectivity index (χ2n) is 7.32. The molecule has 0 radical (unpaired) electrons. The number of nitrogens with zero attached hydrogens (tertiary/aromatic N) is 3. The van der Waals surface area contributed by atoms with Crippen LogP contribution in [0.5, 0.6) is 0 Å². The van der Waals surface area contributed by atoms with Crippen molar-refractivity contribution >= 4 is 24.1 Å². The third-order valence-corrected chi connectivity index (χ3v) is 5.55. The topological polar surface area (TPSA) is 74.4 Å². The van der Waals surface area contributed by atoms with Crippen molar-refractivity contribution in [2.45, 2.75) is 31.7 Å². The molecule has 2 aliphatic heterocycles. The fourth-order valence-corrected chi connectivity index (χ4v) is 4.11. The van der Waals surface area contributed by atoms with Gasteiger partial charge >= 0.3 is 0 Å². The van der Waals surface area contributed by atoms with Crippen LogP contribution in [-0.2, 0) is 6.42 Å². The number of nitrogens with one attached hydrogen (secondary N) is 2. The first-order chi connectivity index (χ1) is 11.8. The summed E-state index contributed by atoms with van der Waals surface area (Å²) < 4.78 is 0. The van der Waals surface area contributed by atoms with Gasteiger partial charge in [-0.3, -0.25) is 4.99 Å². The first-order valence-electron chi connectivity index (χ1n) is 9.40. The summed E-state index contributed by atoms with van der Waals surface area (Å²) in [5, 5.41) is 7.11. The Morgan fingerprint density at radius 1 is 1.19 bits per heavy atom. The van der Waals surface area contributed by atoms with E-state index < -0.39 is 0 Å². The van der Waals surface area contributed by atoms with E-state index in [1.807, 2.05) is 0 Å². The van der Waals surface area contributed by atoms with Crippen LogP contribution < -0.4 is 10.6 Å². The number of rotatable bonds is 4. The number of aryl methyl sites for hydroxylation is 1. The maximum atomic E-state index is 4.79. The number of piperazine rings is 1. The molecule has 0 amide bonds. The number of anilines is 1. The molecule has 1 atom stereocenters.